The van der Waals surface area contributed by atoms with Crippen LogP contribution in [0.3, 0.4) is 0 Å². The zero-order chi connectivity index (χ0) is 18.6. The van der Waals surface area contributed by atoms with Gasteiger partial charge in [0, 0.05) is 12.1 Å². The van der Waals surface area contributed by atoms with Crippen LogP contribution in [0.1, 0.15) is 64.9 Å². The van der Waals surface area contributed by atoms with Gasteiger partial charge in [-0.1, -0.05) is 25.4 Å². The summed E-state index contributed by atoms with van der Waals surface area (Å²) in [4.78, 5) is 0. The molecule has 3 nitrogen and oxygen atoms in total. The lowest BCUT2D eigenvalue weighted by Gasteiger charge is -2.65. The molecule has 5 rings (SSSR count). The summed E-state index contributed by atoms with van der Waals surface area (Å²) in [6.07, 6.45) is 8.22. The van der Waals surface area contributed by atoms with Gasteiger partial charge < -0.3 is 14.8 Å². The van der Waals surface area contributed by atoms with Crippen molar-refractivity contribution in [1.29, 1.82) is 0 Å². The third kappa shape index (κ3) is 3.22. The molecule has 0 radical (unpaired) electrons. The molecule has 1 aromatic carbocycles. The molecule has 144 valence electrons. The first kappa shape index (κ1) is 18.4. The summed E-state index contributed by atoms with van der Waals surface area (Å²) in [7, 11) is 1.67. The molecule has 0 spiro atoms. The summed E-state index contributed by atoms with van der Waals surface area (Å²) >= 11 is 6.46. The second-order valence-electron chi connectivity index (χ2n) is 9.81. The number of ether oxygens (including phenoxy) is 2. The van der Waals surface area contributed by atoms with Crippen molar-refractivity contribution in [3.63, 3.8) is 0 Å². The van der Waals surface area contributed by atoms with Gasteiger partial charge in [-0.2, -0.15) is 0 Å². The minimum absolute atomic E-state index is 0.293. The van der Waals surface area contributed by atoms with Crippen LogP contribution in [0.25, 0.3) is 0 Å². The monoisotopic (exact) mass is 377 g/mol. The van der Waals surface area contributed by atoms with Crippen molar-refractivity contribution < 1.29 is 9.47 Å². The summed E-state index contributed by atoms with van der Waals surface area (Å²) < 4.78 is 11.2. The highest BCUT2D eigenvalue weighted by molar-refractivity contribution is 6.32. The van der Waals surface area contributed by atoms with Gasteiger partial charge in [0.05, 0.1) is 18.7 Å². The van der Waals surface area contributed by atoms with E-state index in [-0.39, 0.29) is 0 Å². The molecule has 0 aliphatic heterocycles. The van der Waals surface area contributed by atoms with E-state index >= 15 is 0 Å². The first-order valence-corrected chi connectivity index (χ1v) is 10.4. The van der Waals surface area contributed by atoms with Crippen molar-refractivity contribution in [1.82, 2.24) is 5.32 Å². The number of rotatable bonds is 6. The van der Waals surface area contributed by atoms with Crippen molar-refractivity contribution in [3.8, 4) is 11.5 Å². The van der Waals surface area contributed by atoms with E-state index in [4.69, 9.17) is 21.1 Å². The van der Waals surface area contributed by atoms with Gasteiger partial charge in [-0.15, -0.1) is 0 Å². The number of hydrogen-bond acceptors (Lipinski definition) is 3. The molecule has 1 N–H and O–H groups in total. The lowest BCUT2D eigenvalue weighted by atomic mass is 9.43. The fourth-order valence-electron chi connectivity index (χ4n) is 7.09. The Hall–Kier alpha value is -0.930. The van der Waals surface area contributed by atoms with Gasteiger partial charge in [-0.3, -0.25) is 0 Å². The van der Waals surface area contributed by atoms with Crippen LogP contribution in [-0.2, 0) is 6.54 Å². The number of methoxy groups -OCH3 is 1. The maximum absolute atomic E-state index is 6.46. The zero-order valence-electron chi connectivity index (χ0n) is 16.6. The van der Waals surface area contributed by atoms with E-state index in [2.05, 4.69) is 25.2 Å². The topological polar surface area (TPSA) is 30.5 Å². The molecule has 4 aliphatic rings. The Morgan fingerprint density at radius 3 is 2.38 bits per heavy atom. The molecule has 4 aliphatic carbocycles. The van der Waals surface area contributed by atoms with Gasteiger partial charge in [0.1, 0.15) is 0 Å². The SMILES string of the molecule is CCOc1c(Cl)cc(CNC23CC4CC(C)(CC(C)(C4)C2)C3)cc1OC. The van der Waals surface area contributed by atoms with E-state index in [0.29, 0.717) is 33.7 Å². The molecule has 4 saturated carbocycles. The van der Waals surface area contributed by atoms with Crippen LogP contribution in [0.2, 0.25) is 5.02 Å². The van der Waals surface area contributed by atoms with Gasteiger partial charge in [-0.25, -0.2) is 0 Å². The third-order valence-corrected chi connectivity index (χ3v) is 7.15. The third-order valence-electron chi connectivity index (χ3n) is 6.87. The van der Waals surface area contributed by atoms with Crippen LogP contribution >= 0.6 is 11.6 Å². The summed E-state index contributed by atoms with van der Waals surface area (Å²) in [5.41, 5.74) is 2.51. The number of benzene rings is 1. The second-order valence-corrected chi connectivity index (χ2v) is 10.2. The molecule has 0 saturated heterocycles. The van der Waals surface area contributed by atoms with E-state index in [0.717, 1.165) is 18.2 Å². The van der Waals surface area contributed by atoms with E-state index in [1.54, 1.807) is 7.11 Å². The lowest BCUT2D eigenvalue weighted by molar-refractivity contribution is -0.118. The summed E-state index contributed by atoms with van der Waals surface area (Å²) in [5, 5.41) is 4.60. The smallest absolute Gasteiger partial charge is 0.179 e. The average Bonchev–Trinajstić information content (AvgIpc) is 2.51. The van der Waals surface area contributed by atoms with Crippen molar-refractivity contribution in [2.45, 2.75) is 71.4 Å². The van der Waals surface area contributed by atoms with Gasteiger partial charge >= 0.3 is 0 Å². The highest BCUT2D eigenvalue weighted by atomic mass is 35.5. The maximum Gasteiger partial charge on any atom is 0.179 e. The van der Waals surface area contributed by atoms with Gasteiger partial charge in [0.15, 0.2) is 11.5 Å². The lowest BCUT2D eigenvalue weighted by Crippen LogP contribution is -2.63. The fourth-order valence-corrected chi connectivity index (χ4v) is 7.38. The Labute approximate surface area is 162 Å². The van der Waals surface area contributed by atoms with E-state index in [1.165, 1.54) is 44.1 Å². The summed E-state index contributed by atoms with van der Waals surface area (Å²) in [5.74, 6) is 2.27. The molecule has 26 heavy (non-hydrogen) atoms. The molecule has 1 aromatic rings. The predicted molar refractivity (Wildman–Crippen MR) is 106 cm³/mol. The molecular formula is C22H32ClNO2. The first-order valence-electron chi connectivity index (χ1n) is 10.0. The van der Waals surface area contributed by atoms with Crippen LogP contribution in [0, 0.1) is 16.7 Å². The van der Waals surface area contributed by atoms with Crippen molar-refractivity contribution in [2.24, 2.45) is 16.7 Å². The second kappa shape index (κ2) is 6.31. The molecule has 2 atom stereocenters. The largest absolute Gasteiger partial charge is 0.493 e. The van der Waals surface area contributed by atoms with E-state index in [9.17, 15) is 0 Å². The fraction of sp³-hybridized carbons (Fsp3) is 0.727. The zero-order valence-corrected chi connectivity index (χ0v) is 17.3. The van der Waals surface area contributed by atoms with E-state index in [1.807, 2.05) is 13.0 Å². The standard InChI is InChI=1S/C22H32ClNO2/c1-5-26-19-17(23)6-15(7-18(19)25-4)11-24-22-10-16-8-20(2,13-22)12-21(3,9-16)14-22/h6-7,16,24H,5,8-14H2,1-4H3. The van der Waals surface area contributed by atoms with Gasteiger partial charge in [-0.05, 0) is 79.9 Å². The molecular weight excluding hydrogens is 346 g/mol. The van der Waals surface area contributed by atoms with Crippen LogP contribution in [-0.4, -0.2) is 19.3 Å². The number of nitrogens with one attached hydrogen (secondary N) is 1. The minimum Gasteiger partial charge on any atom is -0.493 e. The number of halogens is 1. The van der Waals surface area contributed by atoms with E-state index < -0.39 is 0 Å². The first-order chi connectivity index (χ1) is 12.3. The maximum atomic E-state index is 6.46. The van der Waals surface area contributed by atoms with Crippen molar-refractivity contribution >= 4 is 11.6 Å². The predicted octanol–water partition coefficient (Wildman–Crippen LogP) is 5.59. The highest BCUT2D eigenvalue weighted by Gasteiger charge is 2.59. The Balaban J connectivity index is 1.53. The quantitative estimate of drug-likeness (QED) is 0.701. The Kier molecular flexibility index (Phi) is 4.47. The Morgan fingerprint density at radius 1 is 1.12 bits per heavy atom. The van der Waals surface area contributed by atoms with Crippen molar-refractivity contribution in [2.75, 3.05) is 13.7 Å². The van der Waals surface area contributed by atoms with Gasteiger partial charge in [0.25, 0.3) is 0 Å². The van der Waals surface area contributed by atoms with Crippen LogP contribution in [0.5, 0.6) is 11.5 Å². The summed E-state index contributed by atoms with van der Waals surface area (Å²) in [6.45, 7) is 8.40. The minimum atomic E-state index is 0.293. The molecule has 4 fully saturated rings. The molecule has 0 heterocycles. The molecule has 4 bridgehead atoms. The van der Waals surface area contributed by atoms with Crippen LogP contribution in [0.4, 0.5) is 0 Å². The molecule has 0 amide bonds. The number of hydrogen-bond donors (Lipinski definition) is 1. The highest BCUT2D eigenvalue weighted by Crippen LogP contribution is 2.66. The normalized spacial score (nSPS) is 37.8. The molecule has 2 unspecified atom stereocenters. The van der Waals surface area contributed by atoms with Crippen LogP contribution in [0.15, 0.2) is 12.1 Å². The van der Waals surface area contributed by atoms with Crippen LogP contribution < -0.4 is 14.8 Å². The molecule has 0 aromatic heterocycles. The van der Waals surface area contributed by atoms with Crippen molar-refractivity contribution in [3.05, 3.63) is 22.7 Å². The van der Waals surface area contributed by atoms with Gasteiger partial charge in [0.2, 0.25) is 0 Å². The average molecular weight is 378 g/mol. The summed E-state index contributed by atoms with van der Waals surface area (Å²) in [6, 6.07) is 4.08. The Bertz CT molecular complexity index is 686. The Morgan fingerprint density at radius 2 is 1.81 bits per heavy atom. The molecule has 4 heteroatoms.